The highest BCUT2D eigenvalue weighted by molar-refractivity contribution is 9.10. The molecule has 0 spiro atoms. The zero-order valence-corrected chi connectivity index (χ0v) is 12.8. The molecule has 0 aliphatic heterocycles. The van der Waals surface area contributed by atoms with E-state index < -0.39 is 0 Å². The molecule has 1 aromatic rings. The fraction of sp³-hybridized carbons (Fsp3) is 0.750. The number of aromatic nitrogens is 2. The summed E-state index contributed by atoms with van der Waals surface area (Å²) in [7, 11) is 6.21. The predicted molar refractivity (Wildman–Crippen MR) is 75.2 cm³/mol. The summed E-state index contributed by atoms with van der Waals surface area (Å²) < 4.78 is 3.20. The third-order valence-corrected chi connectivity index (χ3v) is 3.42. The topological polar surface area (TPSA) is 33.1 Å². The summed E-state index contributed by atoms with van der Waals surface area (Å²) in [6.07, 6.45) is 4.08. The lowest BCUT2D eigenvalue weighted by atomic mass is 10.1. The van der Waals surface area contributed by atoms with Crippen molar-refractivity contribution in [2.24, 2.45) is 0 Å². The molecule has 98 valence electrons. The molecule has 0 saturated carbocycles. The highest BCUT2D eigenvalue weighted by Gasteiger charge is 2.18. The van der Waals surface area contributed by atoms with Crippen molar-refractivity contribution in [3.8, 4) is 0 Å². The standard InChI is InChI=1S/C12H23BrN4/c1-5-7-17-12(10(13)9-15-17)11(14-2)6-8-16(3)4/h9,11,14H,5-8H2,1-4H3. The molecule has 1 N–H and O–H groups in total. The molecule has 17 heavy (non-hydrogen) atoms. The number of halogens is 1. The van der Waals surface area contributed by atoms with Crippen LogP contribution in [-0.2, 0) is 6.54 Å². The van der Waals surface area contributed by atoms with Gasteiger partial charge in [-0.1, -0.05) is 6.92 Å². The Kier molecular flexibility index (Phi) is 6.16. The van der Waals surface area contributed by atoms with Crippen LogP contribution in [-0.4, -0.2) is 42.4 Å². The molecule has 1 unspecified atom stereocenters. The molecular weight excluding hydrogens is 280 g/mol. The van der Waals surface area contributed by atoms with Crippen LogP contribution >= 0.6 is 15.9 Å². The van der Waals surface area contributed by atoms with Gasteiger partial charge in [-0.15, -0.1) is 0 Å². The highest BCUT2D eigenvalue weighted by Crippen LogP contribution is 2.25. The lowest BCUT2D eigenvalue weighted by Crippen LogP contribution is -2.25. The first-order chi connectivity index (χ1) is 8.10. The van der Waals surface area contributed by atoms with Crippen molar-refractivity contribution < 1.29 is 0 Å². The Morgan fingerprint density at radius 1 is 1.53 bits per heavy atom. The Morgan fingerprint density at radius 2 is 2.24 bits per heavy atom. The van der Waals surface area contributed by atoms with E-state index in [0.717, 1.165) is 30.4 Å². The second kappa shape index (κ2) is 7.13. The summed E-state index contributed by atoms with van der Waals surface area (Å²) in [5.41, 5.74) is 1.26. The maximum Gasteiger partial charge on any atom is 0.0696 e. The van der Waals surface area contributed by atoms with Crippen molar-refractivity contribution in [1.29, 1.82) is 0 Å². The van der Waals surface area contributed by atoms with Crippen LogP contribution in [0.4, 0.5) is 0 Å². The van der Waals surface area contributed by atoms with Gasteiger partial charge in [0.15, 0.2) is 0 Å². The van der Waals surface area contributed by atoms with E-state index in [4.69, 9.17) is 0 Å². The van der Waals surface area contributed by atoms with E-state index in [-0.39, 0.29) is 0 Å². The molecule has 0 aliphatic rings. The Bertz CT molecular complexity index is 335. The van der Waals surface area contributed by atoms with Gasteiger partial charge in [-0.05, 0) is 56.5 Å². The smallest absolute Gasteiger partial charge is 0.0696 e. The zero-order valence-electron chi connectivity index (χ0n) is 11.2. The van der Waals surface area contributed by atoms with Gasteiger partial charge < -0.3 is 10.2 Å². The first kappa shape index (κ1) is 14.7. The summed E-state index contributed by atoms with van der Waals surface area (Å²) in [6, 6.07) is 0.348. The maximum absolute atomic E-state index is 4.42. The van der Waals surface area contributed by atoms with E-state index in [1.807, 2.05) is 13.2 Å². The van der Waals surface area contributed by atoms with E-state index in [1.54, 1.807) is 0 Å². The van der Waals surface area contributed by atoms with E-state index in [0.29, 0.717) is 6.04 Å². The third kappa shape index (κ3) is 4.08. The first-order valence-electron chi connectivity index (χ1n) is 6.13. The number of hydrogen-bond acceptors (Lipinski definition) is 3. The van der Waals surface area contributed by atoms with Gasteiger partial charge >= 0.3 is 0 Å². The molecule has 5 heteroatoms. The lowest BCUT2D eigenvalue weighted by molar-refractivity contribution is 0.358. The monoisotopic (exact) mass is 302 g/mol. The fourth-order valence-electron chi connectivity index (χ4n) is 1.91. The van der Waals surface area contributed by atoms with E-state index in [9.17, 15) is 0 Å². The molecule has 1 rings (SSSR count). The number of aryl methyl sites for hydroxylation is 1. The van der Waals surface area contributed by atoms with Crippen molar-refractivity contribution in [3.63, 3.8) is 0 Å². The first-order valence-corrected chi connectivity index (χ1v) is 6.92. The molecule has 0 aromatic carbocycles. The molecule has 0 aliphatic carbocycles. The van der Waals surface area contributed by atoms with Crippen LogP contribution in [0.1, 0.15) is 31.5 Å². The third-order valence-electron chi connectivity index (χ3n) is 2.81. The SMILES string of the molecule is CCCn1ncc(Br)c1C(CCN(C)C)NC. The molecule has 1 aromatic heterocycles. The maximum atomic E-state index is 4.42. The number of nitrogens with zero attached hydrogens (tertiary/aromatic N) is 3. The van der Waals surface area contributed by atoms with Crippen LogP contribution in [0.3, 0.4) is 0 Å². The van der Waals surface area contributed by atoms with Crippen LogP contribution in [0.2, 0.25) is 0 Å². The van der Waals surface area contributed by atoms with Crippen molar-refractivity contribution in [2.45, 2.75) is 32.4 Å². The van der Waals surface area contributed by atoms with Crippen LogP contribution in [0.5, 0.6) is 0 Å². The summed E-state index contributed by atoms with van der Waals surface area (Å²) >= 11 is 3.60. The summed E-state index contributed by atoms with van der Waals surface area (Å²) in [5.74, 6) is 0. The molecule has 0 saturated heterocycles. The molecule has 4 nitrogen and oxygen atoms in total. The van der Waals surface area contributed by atoms with Gasteiger partial charge in [-0.3, -0.25) is 4.68 Å². The van der Waals surface area contributed by atoms with E-state index in [1.165, 1.54) is 5.69 Å². The normalized spacial score (nSPS) is 13.3. The second-order valence-electron chi connectivity index (χ2n) is 4.53. The minimum absolute atomic E-state index is 0.348. The lowest BCUT2D eigenvalue weighted by Gasteiger charge is -2.20. The van der Waals surface area contributed by atoms with Gasteiger partial charge in [0.1, 0.15) is 0 Å². The summed E-state index contributed by atoms with van der Waals surface area (Å²) in [6.45, 7) is 4.21. The van der Waals surface area contributed by atoms with E-state index >= 15 is 0 Å². The van der Waals surface area contributed by atoms with Gasteiger partial charge in [0.2, 0.25) is 0 Å². The average Bonchev–Trinajstić information content (AvgIpc) is 2.63. The van der Waals surface area contributed by atoms with Crippen LogP contribution in [0, 0.1) is 0 Å². The van der Waals surface area contributed by atoms with Crippen LogP contribution < -0.4 is 5.32 Å². The minimum atomic E-state index is 0.348. The van der Waals surface area contributed by atoms with Gasteiger partial charge in [-0.25, -0.2) is 0 Å². The van der Waals surface area contributed by atoms with Gasteiger partial charge in [0.25, 0.3) is 0 Å². The van der Waals surface area contributed by atoms with Crippen molar-refractivity contribution >= 4 is 15.9 Å². The Hall–Kier alpha value is -0.390. The second-order valence-corrected chi connectivity index (χ2v) is 5.39. The van der Waals surface area contributed by atoms with Crippen LogP contribution in [0.15, 0.2) is 10.7 Å². The zero-order chi connectivity index (χ0) is 12.8. The van der Waals surface area contributed by atoms with Gasteiger partial charge in [0, 0.05) is 6.54 Å². The number of hydrogen-bond donors (Lipinski definition) is 1. The molecule has 0 radical (unpaired) electrons. The van der Waals surface area contributed by atoms with Crippen molar-refractivity contribution in [1.82, 2.24) is 20.0 Å². The Morgan fingerprint density at radius 3 is 2.76 bits per heavy atom. The van der Waals surface area contributed by atoms with Crippen LogP contribution in [0.25, 0.3) is 0 Å². The predicted octanol–water partition coefficient (Wildman–Crippen LogP) is 2.27. The largest absolute Gasteiger partial charge is 0.312 e. The Balaban J connectivity index is 2.82. The number of rotatable bonds is 7. The summed E-state index contributed by atoms with van der Waals surface area (Å²) in [4.78, 5) is 2.21. The average molecular weight is 303 g/mol. The molecule has 0 amide bonds. The summed E-state index contributed by atoms with van der Waals surface area (Å²) in [5, 5.41) is 7.80. The quantitative estimate of drug-likeness (QED) is 0.839. The molecule has 0 fully saturated rings. The van der Waals surface area contributed by atoms with Gasteiger partial charge in [0.05, 0.1) is 22.4 Å². The molecule has 0 bridgehead atoms. The van der Waals surface area contributed by atoms with E-state index in [2.05, 4.69) is 56.9 Å². The molecule has 1 atom stereocenters. The molecular formula is C12H23BrN4. The Labute approximate surface area is 113 Å². The minimum Gasteiger partial charge on any atom is -0.312 e. The fourth-order valence-corrected chi connectivity index (χ4v) is 2.49. The van der Waals surface area contributed by atoms with Crippen molar-refractivity contribution in [2.75, 3.05) is 27.7 Å². The van der Waals surface area contributed by atoms with Gasteiger partial charge in [-0.2, -0.15) is 5.10 Å². The highest BCUT2D eigenvalue weighted by atomic mass is 79.9. The molecule has 1 heterocycles. The van der Waals surface area contributed by atoms with Crippen molar-refractivity contribution in [3.05, 3.63) is 16.4 Å². The number of nitrogens with one attached hydrogen (secondary N) is 1.